The summed E-state index contributed by atoms with van der Waals surface area (Å²) in [6, 6.07) is 0. The molecule has 0 aliphatic heterocycles. The molecule has 0 aliphatic rings. The van der Waals surface area contributed by atoms with E-state index < -0.39 is 0 Å². The van der Waals surface area contributed by atoms with Crippen molar-refractivity contribution in [2.45, 2.75) is 31.5 Å². The third-order valence-electron chi connectivity index (χ3n) is 1.27. The molecule has 0 saturated carbocycles. The number of carbonyl (C=O) groups excluding carboxylic acids is 1. The second-order valence-corrected chi connectivity index (χ2v) is 2.71. The SMILES string of the molecule is [Li][CH2]C(C)(C)OC(C)=O. The number of hydrogen-bond acceptors (Lipinski definition) is 2. The number of hydrogen-bond donors (Lipinski definition) is 0. The molecule has 0 aromatic carbocycles. The molecule has 0 aromatic rings. The third-order valence-corrected chi connectivity index (χ3v) is 1.27. The summed E-state index contributed by atoms with van der Waals surface area (Å²) in [4.78, 5) is 10.4. The van der Waals surface area contributed by atoms with Gasteiger partial charge in [0, 0.05) is 0 Å². The number of ether oxygens (including phenoxy) is 1. The monoisotopic (exact) mass is 122 g/mol. The van der Waals surface area contributed by atoms with Gasteiger partial charge in [0.2, 0.25) is 0 Å². The second-order valence-electron chi connectivity index (χ2n) is 2.71. The van der Waals surface area contributed by atoms with E-state index in [4.69, 9.17) is 4.74 Å². The van der Waals surface area contributed by atoms with Crippen LogP contribution in [0.5, 0.6) is 0 Å². The molecular weight excluding hydrogens is 111 g/mol. The van der Waals surface area contributed by atoms with Crippen LogP contribution < -0.4 is 0 Å². The molecule has 0 bridgehead atoms. The molecule has 0 saturated heterocycles. The van der Waals surface area contributed by atoms with E-state index in [-0.39, 0.29) is 11.6 Å². The Labute approximate surface area is 65.2 Å². The minimum absolute atomic E-state index is 0.207. The molecule has 0 rings (SSSR count). The maximum atomic E-state index is 10.4. The predicted molar refractivity (Wildman–Crippen MR) is 36.4 cm³/mol. The molecule has 0 amide bonds. The molecule has 0 N–H and O–H groups in total. The first-order valence-corrected chi connectivity index (χ1v) is 3.17. The first-order chi connectivity index (χ1) is 3.98. The Morgan fingerprint density at radius 1 is 1.67 bits per heavy atom. The van der Waals surface area contributed by atoms with Gasteiger partial charge in [0.05, 0.1) is 0 Å². The summed E-state index contributed by atoms with van der Waals surface area (Å²) in [6.07, 6.45) is 0. The molecule has 0 fully saturated rings. The molecular formula is C6H11LiO2. The fourth-order valence-corrected chi connectivity index (χ4v) is 0.461. The van der Waals surface area contributed by atoms with E-state index >= 15 is 0 Å². The summed E-state index contributed by atoms with van der Waals surface area (Å²) in [5.41, 5.74) is -0.286. The van der Waals surface area contributed by atoms with Gasteiger partial charge in [-0.1, -0.05) is 0 Å². The van der Waals surface area contributed by atoms with Crippen molar-refractivity contribution in [2.24, 2.45) is 0 Å². The van der Waals surface area contributed by atoms with Crippen LogP contribution in [0.2, 0.25) is 5.09 Å². The van der Waals surface area contributed by atoms with Crippen molar-refractivity contribution < 1.29 is 9.53 Å². The van der Waals surface area contributed by atoms with Crippen LogP contribution in [0.25, 0.3) is 0 Å². The van der Waals surface area contributed by atoms with Gasteiger partial charge < -0.3 is 0 Å². The summed E-state index contributed by atoms with van der Waals surface area (Å²) in [6.45, 7) is 5.22. The van der Waals surface area contributed by atoms with Crippen LogP contribution in [0.15, 0.2) is 0 Å². The molecule has 9 heavy (non-hydrogen) atoms. The molecule has 48 valence electrons. The Balaban J connectivity index is 3.71. The zero-order valence-corrected chi connectivity index (χ0v) is 6.52. The fourth-order valence-electron chi connectivity index (χ4n) is 0.461. The van der Waals surface area contributed by atoms with E-state index in [0.717, 1.165) is 5.09 Å². The van der Waals surface area contributed by atoms with Gasteiger partial charge in [0.15, 0.2) is 0 Å². The summed E-state index contributed by atoms with van der Waals surface area (Å²) in [5.74, 6) is -0.207. The van der Waals surface area contributed by atoms with Crippen molar-refractivity contribution >= 4 is 23.7 Å². The summed E-state index contributed by atoms with van der Waals surface area (Å²) >= 11 is 1.99. The average molecular weight is 122 g/mol. The van der Waals surface area contributed by atoms with Gasteiger partial charge in [0.25, 0.3) is 0 Å². The van der Waals surface area contributed by atoms with Crippen LogP contribution in [-0.2, 0) is 9.53 Å². The van der Waals surface area contributed by atoms with Crippen LogP contribution in [-0.4, -0.2) is 29.3 Å². The van der Waals surface area contributed by atoms with Crippen molar-refractivity contribution in [3.8, 4) is 0 Å². The molecule has 0 aliphatic carbocycles. The Hall–Kier alpha value is 0.0674. The van der Waals surface area contributed by atoms with E-state index in [9.17, 15) is 4.79 Å². The molecule has 0 atom stereocenters. The first kappa shape index (κ1) is 9.07. The molecule has 2 nitrogen and oxygen atoms in total. The predicted octanol–water partition coefficient (Wildman–Crippen LogP) is 0.915. The number of carbonyl (C=O) groups is 1. The van der Waals surface area contributed by atoms with Crippen molar-refractivity contribution in [3.63, 3.8) is 0 Å². The molecule has 0 unspecified atom stereocenters. The van der Waals surface area contributed by atoms with E-state index in [1.54, 1.807) is 0 Å². The van der Waals surface area contributed by atoms with E-state index in [0.29, 0.717) is 0 Å². The quantitative estimate of drug-likeness (QED) is 0.402. The second kappa shape index (κ2) is 3.29. The van der Waals surface area contributed by atoms with E-state index in [1.807, 2.05) is 31.6 Å². The Morgan fingerprint density at radius 2 is 2.11 bits per heavy atom. The fraction of sp³-hybridized carbons (Fsp3) is 0.833. The van der Waals surface area contributed by atoms with Gasteiger partial charge in [-0.25, -0.2) is 0 Å². The zero-order chi connectivity index (χ0) is 7.49. The van der Waals surface area contributed by atoms with Crippen LogP contribution in [0, 0.1) is 0 Å². The molecule has 0 heterocycles. The van der Waals surface area contributed by atoms with Crippen LogP contribution in [0.3, 0.4) is 0 Å². The first-order valence-electron chi connectivity index (χ1n) is 3.17. The Bertz CT molecular complexity index is 110. The summed E-state index contributed by atoms with van der Waals surface area (Å²) in [5, 5.41) is 0.854. The zero-order valence-electron chi connectivity index (χ0n) is 6.52. The minimum atomic E-state index is -0.286. The van der Waals surface area contributed by atoms with Crippen molar-refractivity contribution in [1.82, 2.24) is 0 Å². The average Bonchev–Trinajstić information content (AvgIpc) is 1.63. The number of esters is 1. The third kappa shape index (κ3) is 4.56. The van der Waals surface area contributed by atoms with E-state index in [2.05, 4.69) is 0 Å². The molecule has 0 spiro atoms. The standard InChI is InChI=1S/C6H11O2.Li/c1-5(7)8-6(2,3)4;/h2H2,1,3-4H3;. The Morgan fingerprint density at radius 3 is 2.22 bits per heavy atom. The topological polar surface area (TPSA) is 26.3 Å². The van der Waals surface area contributed by atoms with Gasteiger partial charge in [0.1, 0.15) is 0 Å². The van der Waals surface area contributed by atoms with Crippen LogP contribution in [0.4, 0.5) is 0 Å². The molecule has 0 radical (unpaired) electrons. The summed E-state index contributed by atoms with van der Waals surface area (Å²) in [7, 11) is 0. The van der Waals surface area contributed by atoms with Gasteiger partial charge in [-0.2, -0.15) is 0 Å². The van der Waals surface area contributed by atoms with Crippen molar-refractivity contribution in [3.05, 3.63) is 0 Å². The van der Waals surface area contributed by atoms with Crippen molar-refractivity contribution in [1.29, 1.82) is 0 Å². The van der Waals surface area contributed by atoms with Crippen LogP contribution >= 0.6 is 0 Å². The maximum absolute atomic E-state index is 10.4. The van der Waals surface area contributed by atoms with Gasteiger partial charge in [-0.05, 0) is 0 Å². The molecule has 3 heteroatoms. The van der Waals surface area contributed by atoms with Crippen LogP contribution in [0.1, 0.15) is 20.8 Å². The number of rotatable bonds is 2. The summed E-state index contributed by atoms with van der Waals surface area (Å²) < 4.78 is 4.95. The molecule has 0 aromatic heterocycles. The van der Waals surface area contributed by atoms with E-state index in [1.165, 1.54) is 6.92 Å². The van der Waals surface area contributed by atoms with Gasteiger partial charge >= 0.3 is 64.7 Å². The van der Waals surface area contributed by atoms with Gasteiger partial charge in [-0.3, -0.25) is 0 Å². The Kier molecular flexibility index (Phi) is 3.31. The van der Waals surface area contributed by atoms with Crippen molar-refractivity contribution in [2.75, 3.05) is 0 Å². The normalized spacial score (nSPS) is 11.2. The van der Waals surface area contributed by atoms with Gasteiger partial charge in [-0.15, -0.1) is 0 Å².